The minimum absolute atomic E-state index is 0.272. The van der Waals surface area contributed by atoms with Crippen molar-refractivity contribution in [2.75, 3.05) is 12.4 Å². The smallest absolute Gasteiger partial charge is 0.225 e. The van der Waals surface area contributed by atoms with Crippen LogP contribution in [-0.4, -0.2) is 17.1 Å². The minimum Gasteiger partial charge on any atom is -0.495 e. The molecule has 1 aliphatic carbocycles. The van der Waals surface area contributed by atoms with Gasteiger partial charge in [-0.1, -0.05) is 13.0 Å². The molecule has 0 amide bonds. The molecule has 0 aliphatic heterocycles. The Labute approximate surface area is 156 Å². The van der Waals surface area contributed by atoms with Crippen LogP contribution >= 0.6 is 22.9 Å². The molecule has 1 N–H and O–H groups in total. The maximum Gasteiger partial charge on any atom is 0.225 e. The van der Waals surface area contributed by atoms with Crippen LogP contribution in [0, 0.1) is 12.8 Å². The average Bonchev–Trinajstić information content (AvgIpc) is 2.92. The maximum atomic E-state index is 6.20. The third-order valence-electron chi connectivity index (χ3n) is 4.74. The van der Waals surface area contributed by atoms with Gasteiger partial charge in [0.2, 0.25) is 5.28 Å². The molecule has 1 aromatic carbocycles. The highest BCUT2D eigenvalue weighted by atomic mass is 35.5. The molecule has 3 aromatic rings. The lowest BCUT2D eigenvalue weighted by molar-refractivity contribution is 0.416. The van der Waals surface area contributed by atoms with Crippen molar-refractivity contribution in [1.29, 1.82) is 0 Å². The summed E-state index contributed by atoms with van der Waals surface area (Å²) in [5.74, 6) is 2.27. The Bertz CT molecular complexity index is 953. The van der Waals surface area contributed by atoms with Gasteiger partial charge in [0.1, 0.15) is 16.4 Å². The molecule has 0 spiro atoms. The zero-order valence-corrected chi connectivity index (χ0v) is 16.1. The lowest BCUT2D eigenvalue weighted by Gasteiger charge is -2.18. The molecule has 1 atom stereocenters. The van der Waals surface area contributed by atoms with Crippen molar-refractivity contribution < 1.29 is 4.74 Å². The van der Waals surface area contributed by atoms with Crippen molar-refractivity contribution in [2.24, 2.45) is 5.92 Å². The van der Waals surface area contributed by atoms with E-state index in [0.29, 0.717) is 0 Å². The number of halogens is 1. The summed E-state index contributed by atoms with van der Waals surface area (Å²) >= 11 is 7.95. The third-order valence-corrected chi connectivity index (χ3v) is 6.05. The molecule has 6 heteroatoms. The summed E-state index contributed by atoms with van der Waals surface area (Å²) in [6.07, 6.45) is 3.39. The second-order valence-corrected chi connectivity index (χ2v) is 8.12. The van der Waals surface area contributed by atoms with Gasteiger partial charge in [0.25, 0.3) is 0 Å². The van der Waals surface area contributed by atoms with Gasteiger partial charge in [-0.05, 0) is 67.0 Å². The molecule has 0 saturated carbocycles. The van der Waals surface area contributed by atoms with Gasteiger partial charge >= 0.3 is 0 Å². The summed E-state index contributed by atoms with van der Waals surface area (Å²) < 4.78 is 5.49. The van der Waals surface area contributed by atoms with E-state index in [9.17, 15) is 0 Å². The van der Waals surface area contributed by atoms with E-state index in [1.807, 2.05) is 12.1 Å². The van der Waals surface area contributed by atoms with Crippen LogP contribution in [0.2, 0.25) is 5.28 Å². The standard InChI is InChI=1S/C19H20ClN3OS/c1-10-5-7-14(24-3)13(8-10)21-17-16-12-6-4-11(2)9-15(12)25-18(16)23-19(20)22-17/h5,7-8,11H,4,6,9H2,1-3H3,(H,21,22,23). The van der Waals surface area contributed by atoms with Crippen LogP contribution < -0.4 is 10.1 Å². The monoisotopic (exact) mass is 373 g/mol. The van der Waals surface area contributed by atoms with E-state index in [1.165, 1.54) is 16.9 Å². The Morgan fingerprint density at radius 3 is 2.96 bits per heavy atom. The number of rotatable bonds is 3. The molecule has 1 unspecified atom stereocenters. The second-order valence-electron chi connectivity index (χ2n) is 6.70. The Morgan fingerprint density at radius 2 is 2.16 bits per heavy atom. The number of benzene rings is 1. The summed E-state index contributed by atoms with van der Waals surface area (Å²) in [5.41, 5.74) is 3.42. The van der Waals surface area contributed by atoms with E-state index in [0.717, 1.165) is 51.8 Å². The van der Waals surface area contributed by atoms with Crippen LogP contribution in [-0.2, 0) is 12.8 Å². The third kappa shape index (κ3) is 3.07. The van der Waals surface area contributed by atoms with Crippen LogP contribution in [0.25, 0.3) is 10.2 Å². The molecule has 2 aromatic heterocycles. The number of fused-ring (bicyclic) bond motifs is 3. The first-order chi connectivity index (χ1) is 12.0. The van der Waals surface area contributed by atoms with Crippen molar-refractivity contribution >= 4 is 44.7 Å². The van der Waals surface area contributed by atoms with Crippen LogP contribution in [0.15, 0.2) is 18.2 Å². The molecule has 4 nitrogen and oxygen atoms in total. The first kappa shape index (κ1) is 16.6. The number of anilines is 2. The number of aryl methyl sites for hydroxylation is 2. The number of thiophene rings is 1. The molecule has 2 heterocycles. The van der Waals surface area contributed by atoms with E-state index in [4.69, 9.17) is 16.3 Å². The fraction of sp³-hybridized carbons (Fsp3) is 0.368. The highest BCUT2D eigenvalue weighted by molar-refractivity contribution is 7.19. The fourth-order valence-corrected chi connectivity index (χ4v) is 5.06. The molecule has 0 fully saturated rings. The van der Waals surface area contributed by atoms with Gasteiger partial charge in [-0.15, -0.1) is 11.3 Å². The van der Waals surface area contributed by atoms with Crippen LogP contribution in [0.5, 0.6) is 5.75 Å². The first-order valence-electron chi connectivity index (χ1n) is 8.44. The Hall–Kier alpha value is -1.85. The summed E-state index contributed by atoms with van der Waals surface area (Å²) in [5, 5.41) is 4.82. The number of hydrogen-bond donors (Lipinski definition) is 1. The fourth-order valence-electron chi connectivity index (χ4n) is 3.45. The molecular weight excluding hydrogens is 354 g/mol. The van der Waals surface area contributed by atoms with Gasteiger partial charge in [-0.25, -0.2) is 4.98 Å². The van der Waals surface area contributed by atoms with Crippen molar-refractivity contribution in [2.45, 2.75) is 33.1 Å². The number of methoxy groups -OCH3 is 1. The van der Waals surface area contributed by atoms with E-state index in [2.05, 4.69) is 35.2 Å². The summed E-state index contributed by atoms with van der Waals surface area (Å²) in [4.78, 5) is 11.4. The van der Waals surface area contributed by atoms with Crippen molar-refractivity contribution in [1.82, 2.24) is 9.97 Å². The lowest BCUT2D eigenvalue weighted by Crippen LogP contribution is -2.09. The molecule has 130 valence electrons. The highest BCUT2D eigenvalue weighted by Gasteiger charge is 2.24. The van der Waals surface area contributed by atoms with Gasteiger partial charge in [0.15, 0.2) is 0 Å². The predicted octanol–water partition coefficient (Wildman–Crippen LogP) is 5.53. The number of nitrogens with one attached hydrogen (secondary N) is 1. The lowest BCUT2D eigenvalue weighted by atomic mass is 9.89. The minimum atomic E-state index is 0.272. The van der Waals surface area contributed by atoms with Crippen LogP contribution in [0.3, 0.4) is 0 Å². The number of ether oxygens (including phenoxy) is 1. The van der Waals surface area contributed by atoms with E-state index >= 15 is 0 Å². The largest absolute Gasteiger partial charge is 0.495 e. The molecule has 25 heavy (non-hydrogen) atoms. The normalized spacial score (nSPS) is 16.7. The predicted molar refractivity (Wildman–Crippen MR) is 105 cm³/mol. The average molecular weight is 374 g/mol. The van der Waals surface area contributed by atoms with E-state index in [-0.39, 0.29) is 5.28 Å². The Kier molecular flexibility index (Phi) is 4.29. The number of hydrogen-bond acceptors (Lipinski definition) is 5. The topological polar surface area (TPSA) is 47.0 Å². The summed E-state index contributed by atoms with van der Waals surface area (Å²) in [6.45, 7) is 4.36. The van der Waals surface area contributed by atoms with Gasteiger partial charge < -0.3 is 10.1 Å². The highest BCUT2D eigenvalue weighted by Crippen LogP contribution is 2.41. The molecule has 0 radical (unpaired) electrons. The Morgan fingerprint density at radius 1 is 1.32 bits per heavy atom. The van der Waals surface area contributed by atoms with Crippen molar-refractivity contribution in [3.8, 4) is 5.75 Å². The summed E-state index contributed by atoms with van der Waals surface area (Å²) in [7, 11) is 1.67. The zero-order chi connectivity index (χ0) is 17.6. The van der Waals surface area contributed by atoms with Gasteiger partial charge in [0, 0.05) is 4.88 Å². The molecule has 0 saturated heterocycles. The quantitative estimate of drug-likeness (QED) is 0.613. The molecular formula is C19H20ClN3OS. The first-order valence-corrected chi connectivity index (χ1v) is 9.64. The maximum absolute atomic E-state index is 6.20. The van der Waals surface area contributed by atoms with E-state index in [1.54, 1.807) is 18.4 Å². The summed E-state index contributed by atoms with van der Waals surface area (Å²) in [6, 6.07) is 6.05. The zero-order valence-electron chi connectivity index (χ0n) is 14.5. The second kappa shape index (κ2) is 6.46. The van der Waals surface area contributed by atoms with Gasteiger partial charge in [-0.3, -0.25) is 0 Å². The van der Waals surface area contributed by atoms with E-state index < -0.39 is 0 Å². The molecule has 1 aliphatic rings. The van der Waals surface area contributed by atoms with Crippen molar-refractivity contribution in [3.05, 3.63) is 39.5 Å². The molecule has 4 rings (SSSR count). The van der Waals surface area contributed by atoms with Crippen LogP contribution in [0.4, 0.5) is 11.5 Å². The van der Waals surface area contributed by atoms with Crippen molar-refractivity contribution in [3.63, 3.8) is 0 Å². The van der Waals surface area contributed by atoms with Crippen LogP contribution in [0.1, 0.15) is 29.3 Å². The SMILES string of the molecule is COc1ccc(C)cc1Nc1nc(Cl)nc2sc3c(c12)CCC(C)C3. The number of aromatic nitrogens is 2. The number of nitrogens with zero attached hydrogens (tertiary/aromatic N) is 2. The van der Waals surface area contributed by atoms with Gasteiger partial charge in [0.05, 0.1) is 18.2 Å². The molecule has 0 bridgehead atoms. The van der Waals surface area contributed by atoms with Gasteiger partial charge in [-0.2, -0.15) is 4.98 Å². The Balaban J connectivity index is 1.86.